The van der Waals surface area contributed by atoms with Crippen molar-refractivity contribution in [1.82, 2.24) is 15.5 Å². The Kier molecular flexibility index (Phi) is 3.88. The van der Waals surface area contributed by atoms with E-state index in [-0.39, 0.29) is 12.4 Å². The fourth-order valence-corrected chi connectivity index (χ4v) is 1.55. The molecule has 0 fully saturated rings. The van der Waals surface area contributed by atoms with Crippen LogP contribution in [0.4, 0.5) is 4.39 Å². The van der Waals surface area contributed by atoms with Gasteiger partial charge in [-0.25, -0.2) is 4.39 Å². The smallest absolute Gasteiger partial charge is 0.264 e. The first-order chi connectivity index (χ1) is 8.67. The van der Waals surface area contributed by atoms with Gasteiger partial charge in [0.15, 0.2) is 12.4 Å². The highest BCUT2D eigenvalue weighted by atomic mass is 19.1. The zero-order valence-corrected chi connectivity index (χ0v) is 10.2. The quantitative estimate of drug-likeness (QED) is 0.878. The Morgan fingerprint density at radius 1 is 1.39 bits per heavy atom. The molecule has 0 aliphatic carbocycles. The van der Waals surface area contributed by atoms with Crippen molar-refractivity contribution in [2.24, 2.45) is 0 Å². The van der Waals surface area contributed by atoms with Gasteiger partial charge in [-0.05, 0) is 31.7 Å². The second kappa shape index (κ2) is 5.59. The summed E-state index contributed by atoms with van der Waals surface area (Å²) in [4.78, 5) is 4.00. The molecule has 0 aliphatic heterocycles. The predicted molar refractivity (Wildman–Crippen MR) is 62.5 cm³/mol. The number of ether oxygens (including phenoxy) is 1. The maximum Gasteiger partial charge on any atom is 0.264 e. The number of benzene rings is 1. The summed E-state index contributed by atoms with van der Waals surface area (Å²) in [6.45, 7) is 2.43. The van der Waals surface area contributed by atoms with Gasteiger partial charge < -0.3 is 14.6 Å². The number of nitrogens with zero attached hydrogens (tertiary/aromatic N) is 2. The van der Waals surface area contributed by atoms with Gasteiger partial charge in [-0.1, -0.05) is 5.16 Å². The molecule has 0 atom stereocenters. The van der Waals surface area contributed by atoms with Crippen LogP contribution in [0.1, 0.15) is 17.3 Å². The van der Waals surface area contributed by atoms with E-state index in [1.54, 1.807) is 20.0 Å². The minimum Gasteiger partial charge on any atom is -0.484 e. The van der Waals surface area contributed by atoms with Crippen molar-refractivity contribution in [1.29, 1.82) is 0 Å². The van der Waals surface area contributed by atoms with Gasteiger partial charge in [0, 0.05) is 12.6 Å². The number of halogens is 1. The van der Waals surface area contributed by atoms with Crippen LogP contribution in [-0.4, -0.2) is 17.2 Å². The molecule has 1 aromatic carbocycles. The summed E-state index contributed by atoms with van der Waals surface area (Å²) in [5.74, 6) is 1.02. The third-order valence-corrected chi connectivity index (χ3v) is 2.24. The average Bonchev–Trinajstić information content (AvgIpc) is 2.72. The van der Waals surface area contributed by atoms with Gasteiger partial charge in [-0.15, -0.1) is 0 Å². The maximum absolute atomic E-state index is 13.3. The molecule has 18 heavy (non-hydrogen) atoms. The summed E-state index contributed by atoms with van der Waals surface area (Å²) in [6, 6.07) is 4.55. The molecule has 1 aromatic heterocycles. The van der Waals surface area contributed by atoms with Crippen LogP contribution in [0.15, 0.2) is 22.7 Å². The molecule has 0 saturated heterocycles. The lowest BCUT2D eigenvalue weighted by atomic mass is 10.2. The van der Waals surface area contributed by atoms with E-state index in [9.17, 15) is 4.39 Å². The number of hydrogen-bond acceptors (Lipinski definition) is 5. The van der Waals surface area contributed by atoms with E-state index in [1.807, 2.05) is 0 Å². The molecule has 0 aliphatic rings. The zero-order valence-electron chi connectivity index (χ0n) is 10.2. The maximum atomic E-state index is 13.3. The van der Waals surface area contributed by atoms with Crippen molar-refractivity contribution in [2.75, 3.05) is 7.05 Å². The van der Waals surface area contributed by atoms with Crippen molar-refractivity contribution < 1.29 is 13.7 Å². The minimum atomic E-state index is -0.334. The summed E-state index contributed by atoms with van der Waals surface area (Å²) in [6.07, 6.45) is 0. The lowest BCUT2D eigenvalue weighted by molar-refractivity contribution is 0.241. The highest BCUT2D eigenvalue weighted by molar-refractivity contribution is 5.29. The van der Waals surface area contributed by atoms with Crippen LogP contribution < -0.4 is 10.1 Å². The summed E-state index contributed by atoms with van der Waals surface area (Å²) >= 11 is 0. The average molecular weight is 251 g/mol. The van der Waals surface area contributed by atoms with E-state index in [2.05, 4.69) is 15.5 Å². The Labute approximate surface area is 104 Å². The summed E-state index contributed by atoms with van der Waals surface area (Å²) < 4.78 is 23.6. The Balaban J connectivity index is 2.04. The van der Waals surface area contributed by atoms with Crippen LogP contribution in [0.25, 0.3) is 0 Å². The van der Waals surface area contributed by atoms with Crippen LogP contribution in [0.3, 0.4) is 0 Å². The summed E-state index contributed by atoms with van der Waals surface area (Å²) in [7, 11) is 1.80. The van der Waals surface area contributed by atoms with E-state index in [4.69, 9.17) is 9.26 Å². The Morgan fingerprint density at radius 3 is 2.89 bits per heavy atom. The molecule has 1 N–H and O–H groups in total. The Hall–Kier alpha value is -1.95. The molecule has 0 radical (unpaired) electrons. The monoisotopic (exact) mass is 251 g/mol. The van der Waals surface area contributed by atoms with Gasteiger partial charge in [0.25, 0.3) is 5.89 Å². The molecule has 2 aromatic rings. The molecule has 2 rings (SSSR count). The van der Waals surface area contributed by atoms with Crippen molar-refractivity contribution in [3.05, 3.63) is 41.3 Å². The first-order valence-electron chi connectivity index (χ1n) is 5.53. The number of rotatable bonds is 5. The van der Waals surface area contributed by atoms with Gasteiger partial charge in [-0.3, -0.25) is 0 Å². The summed E-state index contributed by atoms with van der Waals surface area (Å²) in [5.41, 5.74) is 0.814. The van der Waals surface area contributed by atoms with Crippen molar-refractivity contribution in [2.45, 2.75) is 20.1 Å². The molecular weight excluding hydrogens is 237 g/mol. The molecular formula is C12H14FN3O2. The van der Waals surface area contributed by atoms with Gasteiger partial charge in [0.05, 0.1) is 0 Å². The number of nitrogens with one attached hydrogen (secondary N) is 1. The van der Waals surface area contributed by atoms with Crippen LogP contribution in [0.2, 0.25) is 0 Å². The molecule has 0 bridgehead atoms. The largest absolute Gasteiger partial charge is 0.484 e. The Bertz CT molecular complexity index is 528. The predicted octanol–water partition coefficient (Wildman–Crippen LogP) is 1.82. The highest BCUT2D eigenvalue weighted by Gasteiger charge is 2.06. The van der Waals surface area contributed by atoms with Crippen molar-refractivity contribution >= 4 is 0 Å². The fourth-order valence-electron chi connectivity index (χ4n) is 1.55. The third-order valence-electron chi connectivity index (χ3n) is 2.24. The van der Waals surface area contributed by atoms with Crippen LogP contribution in [-0.2, 0) is 13.2 Å². The van der Waals surface area contributed by atoms with E-state index < -0.39 is 0 Å². The van der Waals surface area contributed by atoms with Crippen LogP contribution in [0.5, 0.6) is 5.75 Å². The first-order valence-corrected chi connectivity index (χ1v) is 5.53. The number of aryl methyl sites for hydroxylation is 1. The number of aromatic nitrogens is 2. The first kappa shape index (κ1) is 12.5. The second-order valence-electron chi connectivity index (χ2n) is 3.85. The van der Waals surface area contributed by atoms with Gasteiger partial charge in [0.2, 0.25) is 0 Å². The molecule has 5 nitrogen and oxygen atoms in total. The van der Waals surface area contributed by atoms with E-state index >= 15 is 0 Å². The normalized spacial score (nSPS) is 10.6. The van der Waals surface area contributed by atoms with Gasteiger partial charge >= 0.3 is 0 Å². The molecule has 0 amide bonds. The van der Waals surface area contributed by atoms with E-state index in [0.717, 1.165) is 5.56 Å². The molecule has 0 unspecified atom stereocenters. The van der Waals surface area contributed by atoms with E-state index in [1.165, 1.54) is 12.1 Å². The van der Waals surface area contributed by atoms with Crippen LogP contribution >= 0.6 is 0 Å². The number of hydrogen-bond donors (Lipinski definition) is 1. The van der Waals surface area contributed by atoms with E-state index in [0.29, 0.717) is 24.0 Å². The SMILES string of the molecule is CNCc1cc(F)cc(OCc2nc(C)no2)c1. The zero-order chi connectivity index (χ0) is 13.0. The highest BCUT2D eigenvalue weighted by Crippen LogP contribution is 2.17. The van der Waals surface area contributed by atoms with Crippen molar-refractivity contribution in [3.63, 3.8) is 0 Å². The topological polar surface area (TPSA) is 60.2 Å². The van der Waals surface area contributed by atoms with Gasteiger partial charge in [-0.2, -0.15) is 4.98 Å². The molecule has 0 saturated carbocycles. The lowest BCUT2D eigenvalue weighted by Gasteiger charge is -2.06. The minimum absolute atomic E-state index is 0.128. The fraction of sp³-hybridized carbons (Fsp3) is 0.333. The van der Waals surface area contributed by atoms with Crippen molar-refractivity contribution in [3.8, 4) is 5.75 Å². The van der Waals surface area contributed by atoms with Gasteiger partial charge in [0.1, 0.15) is 11.6 Å². The third kappa shape index (κ3) is 3.27. The molecule has 6 heteroatoms. The molecule has 1 heterocycles. The summed E-state index contributed by atoms with van der Waals surface area (Å²) in [5, 5.41) is 6.60. The molecule has 96 valence electrons. The van der Waals surface area contributed by atoms with Crippen LogP contribution in [0, 0.1) is 12.7 Å². The lowest BCUT2D eigenvalue weighted by Crippen LogP contribution is -2.06. The molecule has 0 spiro atoms. The second-order valence-corrected chi connectivity index (χ2v) is 3.85. The standard InChI is InChI=1S/C12H14FN3O2/c1-8-15-12(18-16-8)7-17-11-4-9(6-14-2)3-10(13)5-11/h3-5,14H,6-7H2,1-2H3. The Morgan fingerprint density at radius 2 is 2.22 bits per heavy atom.